The molecule has 122 valence electrons. The molecular weight excluding hydrogens is 282 g/mol. The summed E-state index contributed by atoms with van der Waals surface area (Å²) in [7, 11) is 1.76. The molecule has 2 fully saturated rings. The lowest BCUT2D eigenvalue weighted by atomic mass is 9.86. The van der Waals surface area contributed by atoms with E-state index in [9.17, 15) is 9.90 Å². The van der Waals surface area contributed by atoms with Gasteiger partial charge in [-0.15, -0.1) is 0 Å². The van der Waals surface area contributed by atoms with Crippen molar-refractivity contribution in [2.45, 2.75) is 57.2 Å². The zero-order chi connectivity index (χ0) is 15.7. The molecule has 6 heteroatoms. The normalized spacial score (nSPS) is 29.7. The highest BCUT2D eigenvalue weighted by molar-refractivity contribution is 5.93. The van der Waals surface area contributed by atoms with Gasteiger partial charge >= 0.3 is 0 Å². The van der Waals surface area contributed by atoms with Crippen molar-refractivity contribution in [3.05, 3.63) is 17.8 Å². The molecule has 0 unspecified atom stereocenters. The number of rotatable bonds is 3. The molecule has 1 saturated heterocycles. The fraction of sp³-hybridized carbons (Fsp3) is 0.750. The minimum absolute atomic E-state index is 0.150. The van der Waals surface area contributed by atoms with Gasteiger partial charge < -0.3 is 14.4 Å². The van der Waals surface area contributed by atoms with Crippen LogP contribution in [0.3, 0.4) is 0 Å². The van der Waals surface area contributed by atoms with Crippen molar-refractivity contribution in [2.75, 3.05) is 20.1 Å². The Bertz CT molecular complexity index is 524. The number of aromatic nitrogens is 1. The average molecular weight is 307 g/mol. The predicted octanol–water partition coefficient (Wildman–Crippen LogP) is 1.43. The molecule has 3 atom stereocenters. The van der Waals surface area contributed by atoms with Crippen LogP contribution in [0.5, 0.6) is 0 Å². The van der Waals surface area contributed by atoms with Crippen molar-refractivity contribution in [1.82, 2.24) is 14.8 Å². The summed E-state index contributed by atoms with van der Waals surface area (Å²) in [6, 6.07) is 0.0258. The maximum atomic E-state index is 12.6. The molecule has 1 N–H and O–H groups in total. The molecule has 1 aromatic rings. The fourth-order valence-electron chi connectivity index (χ4n) is 3.86. The second kappa shape index (κ2) is 6.38. The van der Waals surface area contributed by atoms with Crippen LogP contribution in [-0.2, 0) is 0 Å². The first-order valence-electron chi connectivity index (χ1n) is 8.19. The van der Waals surface area contributed by atoms with Gasteiger partial charge in [-0.25, -0.2) is 4.98 Å². The van der Waals surface area contributed by atoms with Crippen molar-refractivity contribution in [3.8, 4) is 0 Å². The summed E-state index contributed by atoms with van der Waals surface area (Å²) in [4.78, 5) is 20.6. The predicted molar refractivity (Wildman–Crippen MR) is 81.6 cm³/mol. The van der Waals surface area contributed by atoms with Gasteiger partial charge in [0.15, 0.2) is 12.1 Å². The number of likely N-dealkylation sites (tertiary alicyclic amines) is 1. The summed E-state index contributed by atoms with van der Waals surface area (Å²) >= 11 is 0. The van der Waals surface area contributed by atoms with Crippen LogP contribution in [0.2, 0.25) is 0 Å². The highest BCUT2D eigenvalue weighted by atomic mass is 16.3. The quantitative estimate of drug-likeness (QED) is 0.915. The lowest BCUT2D eigenvalue weighted by Crippen LogP contribution is -2.56. The van der Waals surface area contributed by atoms with Crippen LogP contribution in [0.4, 0.5) is 0 Å². The van der Waals surface area contributed by atoms with Gasteiger partial charge in [0.1, 0.15) is 5.76 Å². The second-order valence-corrected chi connectivity index (χ2v) is 6.47. The van der Waals surface area contributed by atoms with Crippen molar-refractivity contribution < 1.29 is 14.3 Å². The summed E-state index contributed by atoms with van der Waals surface area (Å²) in [6.45, 7) is 3.86. The molecule has 2 aliphatic rings. The van der Waals surface area contributed by atoms with E-state index in [0.717, 1.165) is 32.4 Å². The molecular formula is C16H25N3O3. The largest absolute Gasteiger partial charge is 0.448 e. The molecule has 1 saturated carbocycles. The molecule has 22 heavy (non-hydrogen) atoms. The third kappa shape index (κ3) is 2.77. The number of carbonyl (C=O) groups excluding carboxylic acids is 1. The molecule has 1 amide bonds. The van der Waals surface area contributed by atoms with Gasteiger partial charge in [0.25, 0.3) is 5.91 Å². The number of oxazole rings is 1. The monoisotopic (exact) mass is 307 g/mol. The van der Waals surface area contributed by atoms with Crippen LogP contribution in [0.1, 0.15) is 48.4 Å². The van der Waals surface area contributed by atoms with Crippen molar-refractivity contribution >= 4 is 5.91 Å². The molecule has 0 radical (unpaired) electrons. The summed E-state index contributed by atoms with van der Waals surface area (Å²) in [6.07, 6.45) is 6.11. The molecule has 1 aliphatic carbocycles. The van der Waals surface area contributed by atoms with Crippen molar-refractivity contribution in [1.29, 1.82) is 0 Å². The first-order chi connectivity index (χ1) is 10.6. The topological polar surface area (TPSA) is 69.8 Å². The van der Waals surface area contributed by atoms with Gasteiger partial charge in [-0.3, -0.25) is 9.69 Å². The number of aryl methyl sites for hydroxylation is 1. The van der Waals surface area contributed by atoms with Gasteiger partial charge in [-0.1, -0.05) is 0 Å². The number of carbonyl (C=O) groups is 1. The molecule has 2 heterocycles. The Balaban J connectivity index is 1.72. The Morgan fingerprint density at radius 1 is 1.36 bits per heavy atom. The molecule has 1 aromatic heterocycles. The van der Waals surface area contributed by atoms with E-state index in [-0.39, 0.29) is 18.0 Å². The fourth-order valence-corrected chi connectivity index (χ4v) is 3.86. The first-order valence-corrected chi connectivity index (χ1v) is 8.19. The molecule has 6 nitrogen and oxygen atoms in total. The number of nitrogens with zero attached hydrogens (tertiary/aromatic N) is 3. The SMILES string of the molecule is Cc1ocnc1C(=O)N(C)[C@@H]1CCC[C@@H](N2CCCC2)[C@@H]1O. The number of hydrogen-bond donors (Lipinski definition) is 1. The third-order valence-electron chi connectivity index (χ3n) is 5.16. The summed E-state index contributed by atoms with van der Waals surface area (Å²) < 4.78 is 5.12. The van der Waals surface area contributed by atoms with E-state index in [4.69, 9.17) is 4.42 Å². The average Bonchev–Trinajstić information content (AvgIpc) is 3.17. The third-order valence-corrected chi connectivity index (χ3v) is 5.16. The number of likely N-dealkylation sites (N-methyl/N-ethyl adjacent to an activating group) is 1. The van der Waals surface area contributed by atoms with E-state index in [1.54, 1.807) is 18.9 Å². The van der Waals surface area contributed by atoms with Crippen LogP contribution in [0.15, 0.2) is 10.8 Å². The standard InChI is InChI=1S/C16H25N3O3/c1-11-14(17-10-22-11)16(21)18(2)12-6-5-7-13(15(12)20)19-8-3-4-9-19/h10,12-13,15,20H,3-9H2,1-2H3/t12-,13-,15-/m1/s1. The Kier molecular flexibility index (Phi) is 4.49. The minimum atomic E-state index is -0.493. The van der Waals surface area contributed by atoms with E-state index in [2.05, 4.69) is 9.88 Å². The second-order valence-electron chi connectivity index (χ2n) is 6.47. The highest BCUT2D eigenvalue weighted by Crippen LogP contribution is 2.29. The first kappa shape index (κ1) is 15.5. The van der Waals surface area contributed by atoms with Gasteiger partial charge in [0.2, 0.25) is 0 Å². The Labute approximate surface area is 131 Å². The van der Waals surface area contributed by atoms with Gasteiger partial charge in [0.05, 0.1) is 12.1 Å². The highest BCUT2D eigenvalue weighted by Gasteiger charge is 2.40. The smallest absolute Gasteiger partial charge is 0.276 e. The lowest BCUT2D eigenvalue weighted by Gasteiger charge is -2.43. The van der Waals surface area contributed by atoms with Crippen LogP contribution in [-0.4, -0.2) is 64.1 Å². The van der Waals surface area contributed by atoms with Gasteiger partial charge in [-0.05, 0) is 52.1 Å². The number of aliphatic hydroxyl groups excluding tert-OH is 1. The maximum Gasteiger partial charge on any atom is 0.276 e. The van der Waals surface area contributed by atoms with Crippen LogP contribution < -0.4 is 0 Å². The summed E-state index contributed by atoms with van der Waals surface area (Å²) in [5.74, 6) is 0.357. The summed E-state index contributed by atoms with van der Waals surface area (Å²) in [5, 5.41) is 10.8. The number of amides is 1. The van der Waals surface area contributed by atoms with E-state index >= 15 is 0 Å². The van der Waals surface area contributed by atoms with Crippen molar-refractivity contribution in [2.24, 2.45) is 0 Å². The molecule has 3 rings (SSSR count). The zero-order valence-electron chi connectivity index (χ0n) is 13.4. The van der Waals surface area contributed by atoms with E-state index < -0.39 is 6.10 Å². The Morgan fingerprint density at radius 2 is 2.09 bits per heavy atom. The minimum Gasteiger partial charge on any atom is -0.448 e. The maximum absolute atomic E-state index is 12.6. The van der Waals surface area contributed by atoms with E-state index in [1.165, 1.54) is 19.2 Å². The Hall–Kier alpha value is -1.40. The van der Waals surface area contributed by atoms with Gasteiger partial charge in [0, 0.05) is 13.1 Å². The summed E-state index contributed by atoms with van der Waals surface area (Å²) in [5.41, 5.74) is 0.345. The molecule has 1 aliphatic heterocycles. The zero-order valence-corrected chi connectivity index (χ0v) is 13.4. The number of hydrogen-bond acceptors (Lipinski definition) is 5. The molecule has 0 bridgehead atoms. The number of aliphatic hydroxyl groups is 1. The lowest BCUT2D eigenvalue weighted by molar-refractivity contribution is -0.0243. The van der Waals surface area contributed by atoms with Crippen LogP contribution in [0, 0.1) is 6.92 Å². The van der Waals surface area contributed by atoms with E-state index in [1.807, 2.05) is 0 Å². The van der Waals surface area contributed by atoms with Crippen molar-refractivity contribution in [3.63, 3.8) is 0 Å². The Morgan fingerprint density at radius 3 is 2.73 bits per heavy atom. The molecule has 0 spiro atoms. The van der Waals surface area contributed by atoms with Crippen LogP contribution in [0.25, 0.3) is 0 Å². The van der Waals surface area contributed by atoms with E-state index in [0.29, 0.717) is 11.5 Å². The van der Waals surface area contributed by atoms with Gasteiger partial charge in [-0.2, -0.15) is 0 Å². The molecule has 0 aromatic carbocycles. The van der Waals surface area contributed by atoms with Crippen LogP contribution >= 0.6 is 0 Å².